The van der Waals surface area contributed by atoms with Gasteiger partial charge in [-0.2, -0.15) is 0 Å². The summed E-state index contributed by atoms with van der Waals surface area (Å²) in [4.78, 5) is 13.3. The maximum atomic E-state index is 13.9. The van der Waals surface area contributed by atoms with Gasteiger partial charge in [-0.25, -0.2) is 4.39 Å². The summed E-state index contributed by atoms with van der Waals surface area (Å²) in [6.45, 7) is 1.71. The Labute approximate surface area is 117 Å². The summed E-state index contributed by atoms with van der Waals surface area (Å²) in [6, 6.07) is 9.42. The third kappa shape index (κ3) is 2.64. The van der Waals surface area contributed by atoms with Crippen LogP contribution in [0, 0.1) is 12.7 Å². The molecule has 1 amide bonds. The van der Waals surface area contributed by atoms with E-state index in [1.165, 1.54) is 4.90 Å². The highest BCUT2D eigenvalue weighted by Gasteiger charge is 2.11. The third-order valence-corrected chi connectivity index (χ3v) is 3.13. The van der Waals surface area contributed by atoms with Crippen LogP contribution < -0.4 is 0 Å². The number of aromatic hydroxyl groups is 1. The Balaban J connectivity index is 2.40. The SMILES string of the molecule is Cc1cc(-c2ccc(C(=O)N(C)C)cc2)c(F)cc1O. The van der Waals surface area contributed by atoms with Gasteiger partial charge in [-0.1, -0.05) is 12.1 Å². The first kappa shape index (κ1) is 14.1. The van der Waals surface area contributed by atoms with E-state index in [0.29, 0.717) is 22.3 Å². The molecule has 0 fully saturated rings. The Bertz CT molecular complexity index is 648. The zero-order valence-corrected chi connectivity index (χ0v) is 11.6. The number of carbonyl (C=O) groups is 1. The van der Waals surface area contributed by atoms with Crippen LogP contribution in [0.1, 0.15) is 15.9 Å². The number of nitrogens with zero attached hydrogens (tertiary/aromatic N) is 1. The minimum Gasteiger partial charge on any atom is -0.508 e. The Morgan fingerprint density at radius 3 is 2.30 bits per heavy atom. The van der Waals surface area contributed by atoms with Gasteiger partial charge in [0, 0.05) is 31.3 Å². The highest BCUT2D eigenvalue weighted by Crippen LogP contribution is 2.29. The number of amides is 1. The number of halogens is 1. The highest BCUT2D eigenvalue weighted by molar-refractivity contribution is 5.94. The standard InChI is InChI=1S/C16H16FNO2/c1-10-8-13(14(17)9-15(10)19)11-4-6-12(7-5-11)16(20)18(2)3/h4-9,19H,1-3H3. The quantitative estimate of drug-likeness (QED) is 0.912. The number of rotatable bonds is 2. The summed E-state index contributed by atoms with van der Waals surface area (Å²) in [5.74, 6) is -0.649. The van der Waals surface area contributed by atoms with E-state index in [4.69, 9.17) is 0 Å². The van der Waals surface area contributed by atoms with Crippen molar-refractivity contribution in [3.05, 3.63) is 53.3 Å². The lowest BCUT2D eigenvalue weighted by Gasteiger charge is -2.11. The van der Waals surface area contributed by atoms with Gasteiger partial charge in [-0.05, 0) is 36.2 Å². The van der Waals surface area contributed by atoms with Gasteiger partial charge in [0.25, 0.3) is 5.91 Å². The largest absolute Gasteiger partial charge is 0.508 e. The second-order valence-corrected chi connectivity index (χ2v) is 4.90. The van der Waals surface area contributed by atoms with E-state index in [9.17, 15) is 14.3 Å². The van der Waals surface area contributed by atoms with Crippen LogP contribution in [0.25, 0.3) is 11.1 Å². The lowest BCUT2D eigenvalue weighted by atomic mass is 10.0. The molecule has 20 heavy (non-hydrogen) atoms. The summed E-state index contributed by atoms with van der Waals surface area (Å²) in [7, 11) is 3.36. The molecule has 0 spiro atoms. The van der Waals surface area contributed by atoms with Crippen LogP contribution in [0.4, 0.5) is 4.39 Å². The first-order valence-corrected chi connectivity index (χ1v) is 6.21. The molecule has 1 N–H and O–H groups in total. The predicted octanol–water partition coefficient (Wildman–Crippen LogP) is 3.21. The number of hydrogen-bond acceptors (Lipinski definition) is 2. The molecule has 0 unspecified atom stereocenters. The number of phenols is 1. The minimum atomic E-state index is -0.486. The van der Waals surface area contributed by atoms with Gasteiger partial charge < -0.3 is 10.0 Å². The molecular formula is C16H16FNO2. The molecule has 0 aromatic heterocycles. The molecule has 2 aromatic carbocycles. The Morgan fingerprint density at radius 2 is 1.75 bits per heavy atom. The van der Waals surface area contributed by atoms with Crippen molar-refractivity contribution in [1.82, 2.24) is 4.90 Å². The number of benzene rings is 2. The van der Waals surface area contributed by atoms with Crippen LogP contribution in [0.15, 0.2) is 36.4 Å². The van der Waals surface area contributed by atoms with E-state index < -0.39 is 5.82 Å². The van der Waals surface area contributed by atoms with E-state index in [1.807, 2.05) is 0 Å². The van der Waals surface area contributed by atoms with E-state index in [0.717, 1.165) is 6.07 Å². The number of hydrogen-bond donors (Lipinski definition) is 1. The zero-order valence-electron chi connectivity index (χ0n) is 11.6. The molecular weight excluding hydrogens is 257 g/mol. The van der Waals surface area contributed by atoms with Crippen molar-refractivity contribution in [2.45, 2.75) is 6.92 Å². The molecule has 104 valence electrons. The Hall–Kier alpha value is -2.36. The fourth-order valence-corrected chi connectivity index (χ4v) is 1.94. The molecule has 0 saturated heterocycles. The average Bonchev–Trinajstić information content (AvgIpc) is 2.42. The normalized spacial score (nSPS) is 10.4. The van der Waals surface area contributed by atoms with Gasteiger partial charge in [0.15, 0.2) is 0 Å². The number of phenolic OH excluding ortho intramolecular Hbond substituents is 1. The second kappa shape index (κ2) is 5.33. The molecule has 4 heteroatoms. The summed E-state index contributed by atoms with van der Waals surface area (Å²) in [6.07, 6.45) is 0. The van der Waals surface area contributed by atoms with Crippen molar-refractivity contribution in [3.63, 3.8) is 0 Å². The van der Waals surface area contributed by atoms with Crippen molar-refractivity contribution in [3.8, 4) is 16.9 Å². The van der Waals surface area contributed by atoms with E-state index in [-0.39, 0.29) is 11.7 Å². The maximum absolute atomic E-state index is 13.9. The van der Waals surface area contributed by atoms with Gasteiger partial charge in [-0.3, -0.25) is 4.79 Å². The molecule has 3 nitrogen and oxygen atoms in total. The molecule has 0 bridgehead atoms. The van der Waals surface area contributed by atoms with Gasteiger partial charge in [0.2, 0.25) is 0 Å². The topological polar surface area (TPSA) is 40.5 Å². The minimum absolute atomic E-state index is 0.0642. The molecule has 0 atom stereocenters. The van der Waals surface area contributed by atoms with Crippen molar-refractivity contribution < 1.29 is 14.3 Å². The lowest BCUT2D eigenvalue weighted by Crippen LogP contribution is -2.21. The van der Waals surface area contributed by atoms with Crippen molar-refractivity contribution >= 4 is 5.91 Å². The summed E-state index contributed by atoms with van der Waals surface area (Å²) >= 11 is 0. The van der Waals surface area contributed by atoms with Crippen molar-refractivity contribution in [2.24, 2.45) is 0 Å². The smallest absolute Gasteiger partial charge is 0.253 e. The first-order valence-electron chi connectivity index (χ1n) is 6.21. The maximum Gasteiger partial charge on any atom is 0.253 e. The molecule has 0 saturated carbocycles. The number of aryl methyl sites for hydroxylation is 1. The fourth-order valence-electron chi connectivity index (χ4n) is 1.94. The van der Waals surface area contributed by atoms with Crippen molar-refractivity contribution in [2.75, 3.05) is 14.1 Å². The molecule has 0 heterocycles. The molecule has 0 radical (unpaired) electrons. The molecule has 0 aliphatic carbocycles. The summed E-state index contributed by atoms with van der Waals surface area (Å²) in [5, 5.41) is 9.46. The van der Waals surface area contributed by atoms with Crippen molar-refractivity contribution in [1.29, 1.82) is 0 Å². The van der Waals surface area contributed by atoms with Crippen LogP contribution in [-0.4, -0.2) is 30.0 Å². The molecule has 0 aliphatic rings. The third-order valence-electron chi connectivity index (χ3n) is 3.13. The highest BCUT2D eigenvalue weighted by atomic mass is 19.1. The lowest BCUT2D eigenvalue weighted by molar-refractivity contribution is 0.0827. The Morgan fingerprint density at radius 1 is 1.15 bits per heavy atom. The van der Waals surface area contributed by atoms with Gasteiger partial charge in [-0.15, -0.1) is 0 Å². The summed E-state index contributed by atoms with van der Waals surface area (Å²) in [5.41, 5.74) is 2.23. The van der Waals surface area contributed by atoms with Crippen LogP contribution in [0.2, 0.25) is 0 Å². The van der Waals surface area contributed by atoms with Crippen LogP contribution in [0.5, 0.6) is 5.75 Å². The van der Waals surface area contributed by atoms with Gasteiger partial charge in [0.05, 0.1) is 0 Å². The zero-order chi connectivity index (χ0) is 14.9. The Kier molecular flexibility index (Phi) is 3.74. The van der Waals surface area contributed by atoms with Crippen LogP contribution in [-0.2, 0) is 0 Å². The summed E-state index contributed by atoms with van der Waals surface area (Å²) < 4.78 is 13.9. The second-order valence-electron chi connectivity index (χ2n) is 4.90. The monoisotopic (exact) mass is 273 g/mol. The first-order chi connectivity index (χ1) is 9.40. The van der Waals surface area contributed by atoms with E-state index >= 15 is 0 Å². The molecule has 2 rings (SSSR count). The molecule has 0 aliphatic heterocycles. The van der Waals surface area contributed by atoms with Gasteiger partial charge >= 0.3 is 0 Å². The van der Waals surface area contributed by atoms with E-state index in [2.05, 4.69) is 0 Å². The van der Waals surface area contributed by atoms with Crippen LogP contribution >= 0.6 is 0 Å². The van der Waals surface area contributed by atoms with Gasteiger partial charge in [0.1, 0.15) is 11.6 Å². The van der Waals surface area contributed by atoms with Crippen LogP contribution in [0.3, 0.4) is 0 Å². The fraction of sp³-hybridized carbons (Fsp3) is 0.188. The molecule has 2 aromatic rings. The number of carbonyl (C=O) groups excluding carboxylic acids is 1. The van der Waals surface area contributed by atoms with E-state index in [1.54, 1.807) is 51.4 Å². The predicted molar refractivity (Wildman–Crippen MR) is 76.3 cm³/mol. The average molecular weight is 273 g/mol.